The van der Waals surface area contributed by atoms with Gasteiger partial charge in [-0.15, -0.1) is 11.3 Å². The fourth-order valence-electron chi connectivity index (χ4n) is 10.6. The maximum absolute atomic E-state index is 15.3. The number of hydrogen-bond acceptors (Lipinski definition) is 2. The molecule has 0 unspecified atom stereocenters. The third kappa shape index (κ3) is 7.36. The van der Waals surface area contributed by atoms with Crippen molar-refractivity contribution < 1.29 is 87.8 Å². The molecule has 0 spiro atoms. The van der Waals surface area contributed by atoms with Gasteiger partial charge in [-0.05, 0) is 95.1 Å². The van der Waals surface area contributed by atoms with Crippen LogP contribution in [0.1, 0.15) is 0 Å². The van der Waals surface area contributed by atoms with Crippen LogP contribution in [0.5, 0.6) is 0 Å². The van der Waals surface area contributed by atoms with Gasteiger partial charge in [-0.2, -0.15) is 0 Å². The van der Waals surface area contributed by atoms with Crippen LogP contribution in [0.3, 0.4) is 0 Å². The van der Waals surface area contributed by atoms with E-state index in [0.29, 0.717) is 20.2 Å². The van der Waals surface area contributed by atoms with Crippen molar-refractivity contribution in [3.63, 3.8) is 0 Å². The number of halogens is 20. The lowest BCUT2D eigenvalue weighted by Crippen LogP contribution is -2.04. The maximum atomic E-state index is 15.3. The Kier molecular flexibility index (Phi) is 11.8. The molecule has 0 N–H and O–H groups in total. The molecule has 24 heteroatoms. The molecule has 414 valence electrons. The van der Waals surface area contributed by atoms with E-state index in [1.165, 1.54) is 39.6 Å². The lowest BCUT2D eigenvalue weighted by Gasteiger charge is -2.11. The fourth-order valence-corrected chi connectivity index (χ4v) is 11.7. The van der Waals surface area contributed by atoms with Gasteiger partial charge in [-0.1, -0.05) is 24.3 Å². The monoisotopic (exact) mass is 1180 g/mol. The molecule has 9 aromatic carbocycles. The van der Waals surface area contributed by atoms with E-state index < -0.39 is 161 Å². The molecule has 0 saturated carbocycles. The topological polar surface area (TPSA) is 22.8 Å². The number of aromatic nitrogens is 3. The molecule has 0 aliphatic heterocycles. The molecule has 0 saturated heterocycles. The van der Waals surface area contributed by atoms with Gasteiger partial charge in [0.2, 0.25) is 23.3 Å². The van der Waals surface area contributed by atoms with Gasteiger partial charge < -0.3 is 4.57 Å². The third-order valence-electron chi connectivity index (χ3n) is 14.3. The predicted octanol–water partition coefficient (Wildman–Crippen LogP) is 19.1. The molecule has 0 aliphatic carbocycles. The molecule has 13 rings (SSSR count). The summed E-state index contributed by atoms with van der Waals surface area (Å²) in [6, 6.07) is 19.0. The number of nitrogens with zero attached hydrogens (tertiary/aromatic N) is 3. The number of fused-ring (bicyclic) bond motifs is 9. The van der Waals surface area contributed by atoms with Crippen LogP contribution in [-0.4, -0.2) is 14.1 Å². The highest BCUT2D eigenvalue weighted by Crippen LogP contribution is 2.46. The van der Waals surface area contributed by atoms with Crippen LogP contribution in [0, 0.1) is 116 Å². The van der Waals surface area contributed by atoms with Gasteiger partial charge in [0.05, 0.1) is 49.0 Å². The average molecular weight is 1180 g/mol. The fraction of sp³-hybridized carbons (Fsp3) is 0. The Morgan fingerprint density at radius 2 is 0.554 bits per heavy atom. The van der Waals surface area contributed by atoms with Crippen molar-refractivity contribution in [3.05, 3.63) is 220 Å². The van der Waals surface area contributed by atoms with Gasteiger partial charge in [0.15, 0.2) is 98.9 Å². The van der Waals surface area contributed by atoms with Gasteiger partial charge in [-0.25, -0.2) is 92.8 Å². The minimum absolute atomic E-state index is 0.0427. The highest BCUT2D eigenvalue weighted by Gasteiger charge is 2.33. The molecule has 0 aliphatic rings. The first-order valence-electron chi connectivity index (χ1n) is 23.6. The molecule has 4 aromatic heterocycles. The van der Waals surface area contributed by atoms with E-state index >= 15 is 35.1 Å². The minimum atomic E-state index is -2.46. The summed E-state index contributed by atoms with van der Waals surface area (Å²) in [4.78, 5) is 4.61. The molecular weight excluding hydrogens is 1160 g/mol. The standard InChI is InChI=1S/C59H17F20N3S/c60-38-34(39(61)47(69)54(76)46(38)68)18-1-6-29-24(13-18)25-14-19(35-40(62)48(70)55(77)49(71)41(35)63)2-7-30(25)81(29)22-5-10-33-28(17-22)23-11-12-80-59(58(23)83-33)82-31-8-3-20(36-42(64)50(72)56(78)51(73)43(36)65)15-26(31)27-16-21(4-9-32(27)82)37-44(66)52(74)57(79)53(75)45(37)67/h1-17H. The Morgan fingerprint density at radius 3 is 0.867 bits per heavy atom. The summed E-state index contributed by atoms with van der Waals surface area (Å²) in [6.45, 7) is 0. The smallest absolute Gasteiger partial charge is 0.200 e. The second-order valence-corrected chi connectivity index (χ2v) is 19.7. The van der Waals surface area contributed by atoms with Gasteiger partial charge in [0.25, 0.3) is 0 Å². The van der Waals surface area contributed by atoms with Crippen LogP contribution in [0.2, 0.25) is 0 Å². The molecule has 0 amide bonds. The van der Waals surface area contributed by atoms with E-state index in [1.54, 1.807) is 24.3 Å². The molecule has 4 heterocycles. The number of pyridine rings is 1. The van der Waals surface area contributed by atoms with Crippen molar-refractivity contribution in [3.8, 4) is 56.0 Å². The van der Waals surface area contributed by atoms with E-state index in [4.69, 9.17) is 0 Å². The number of rotatable bonds is 6. The normalized spacial score (nSPS) is 12.1. The molecule has 13 aromatic rings. The maximum Gasteiger partial charge on any atom is 0.200 e. The molecule has 83 heavy (non-hydrogen) atoms. The Bertz CT molecular complexity index is 4750. The quantitative estimate of drug-likeness (QED) is 0.0924. The Morgan fingerprint density at radius 1 is 0.265 bits per heavy atom. The van der Waals surface area contributed by atoms with E-state index in [0.717, 1.165) is 59.9 Å². The van der Waals surface area contributed by atoms with Crippen molar-refractivity contribution in [2.24, 2.45) is 0 Å². The largest absolute Gasteiger partial charge is 0.309 e. The molecular formula is C59H17F20N3S. The summed E-state index contributed by atoms with van der Waals surface area (Å²) in [7, 11) is 0. The second kappa shape index (κ2) is 18.5. The SMILES string of the molecule is Fc1c(F)c(F)c(-c2ccc3c(c2)c2cc(-c4c(F)c(F)c(F)c(F)c4F)ccc2n3-c2ccc3sc4c(-n5c6ccc(-c7c(F)c(F)c(F)c(F)c7F)cc6c6cc(-c7c(F)c(F)c(F)c(F)c7F)ccc65)nccc4c3c2)c(F)c1F. The lowest BCUT2D eigenvalue weighted by molar-refractivity contribution is 0.381. The highest BCUT2D eigenvalue weighted by molar-refractivity contribution is 7.26. The van der Waals surface area contributed by atoms with Crippen molar-refractivity contribution in [2.45, 2.75) is 0 Å². The predicted molar refractivity (Wildman–Crippen MR) is 267 cm³/mol. The first-order chi connectivity index (χ1) is 39.5. The molecule has 3 nitrogen and oxygen atoms in total. The first kappa shape index (κ1) is 52.9. The minimum Gasteiger partial charge on any atom is -0.309 e. The molecule has 0 radical (unpaired) electrons. The van der Waals surface area contributed by atoms with Crippen molar-refractivity contribution in [1.29, 1.82) is 0 Å². The summed E-state index contributed by atoms with van der Waals surface area (Å²) in [5.41, 5.74) is -7.43. The van der Waals surface area contributed by atoms with Gasteiger partial charge >= 0.3 is 0 Å². The summed E-state index contributed by atoms with van der Waals surface area (Å²) in [5, 5.41) is 0.365. The van der Waals surface area contributed by atoms with E-state index in [1.807, 2.05) is 0 Å². The van der Waals surface area contributed by atoms with E-state index in [2.05, 4.69) is 4.98 Å². The van der Waals surface area contributed by atoms with Crippen LogP contribution in [0.4, 0.5) is 87.8 Å². The highest BCUT2D eigenvalue weighted by atomic mass is 32.1. The summed E-state index contributed by atoms with van der Waals surface area (Å²) >= 11 is 1.10. The molecule has 0 fully saturated rings. The number of hydrogen-bond donors (Lipinski definition) is 0. The Labute approximate surface area is 451 Å². The lowest BCUT2D eigenvalue weighted by atomic mass is 9.98. The van der Waals surface area contributed by atoms with Crippen LogP contribution < -0.4 is 0 Å². The molecule has 0 atom stereocenters. The van der Waals surface area contributed by atoms with Crippen molar-refractivity contribution in [2.75, 3.05) is 0 Å². The van der Waals surface area contributed by atoms with E-state index in [-0.39, 0.29) is 55.1 Å². The number of thiophene rings is 1. The van der Waals surface area contributed by atoms with Gasteiger partial charge in [0.1, 0.15) is 0 Å². The van der Waals surface area contributed by atoms with Crippen LogP contribution in [0.25, 0.3) is 120 Å². The average Bonchev–Trinajstić information content (AvgIpc) is 2.55. The van der Waals surface area contributed by atoms with E-state index in [9.17, 15) is 52.7 Å². The molecule has 0 bridgehead atoms. The second-order valence-electron chi connectivity index (χ2n) is 18.7. The Hall–Kier alpha value is -9.45. The summed E-state index contributed by atoms with van der Waals surface area (Å²) in [5.74, 6) is -45.9. The van der Waals surface area contributed by atoms with Crippen LogP contribution in [-0.2, 0) is 0 Å². The Balaban J connectivity index is 1.04. The van der Waals surface area contributed by atoms with Crippen LogP contribution >= 0.6 is 11.3 Å². The summed E-state index contributed by atoms with van der Waals surface area (Å²) < 4.78 is 300. The zero-order valence-corrected chi connectivity index (χ0v) is 40.9. The number of benzene rings is 9. The summed E-state index contributed by atoms with van der Waals surface area (Å²) in [6.07, 6.45) is 1.32. The van der Waals surface area contributed by atoms with Crippen molar-refractivity contribution in [1.82, 2.24) is 14.1 Å². The zero-order valence-electron chi connectivity index (χ0n) is 40.1. The third-order valence-corrected chi connectivity index (χ3v) is 15.5. The van der Waals surface area contributed by atoms with Gasteiger partial charge in [0, 0.05) is 48.9 Å². The van der Waals surface area contributed by atoms with Crippen LogP contribution in [0.15, 0.2) is 103 Å². The van der Waals surface area contributed by atoms with Crippen molar-refractivity contribution >= 4 is 75.1 Å². The van der Waals surface area contributed by atoms with Gasteiger partial charge in [-0.3, -0.25) is 4.57 Å². The first-order valence-corrected chi connectivity index (χ1v) is 24.4. The zero-order chi connectivity index (χ0) is 58.8.